The number of thiophene rings is 1. The van der Waals surface area contributed by atoms with Gasteiger partial charge in [0.1, 0.15) is 0 Å². The van der Waals surface area contributed by atoms with Gasteiger partial charge in [-0.15, -0.1) is 0 Å². The molecule has 2 aromatic rings. The molecule has 0 fully saturated rings. The van der Waals surface area contributed by atoms with Crippen molar-refractivity contribution in [3.05, 3.63) is 57.8 Å². The van der Waals surface area contributed by atoms with Crippen LogP contribution in [0.2, 0.25) is 0 Å². The topological polar surface area (TPSA) is 17.1 Å². The summed E-state index contributed by atoms with van der Waals surface area (Å²) >= 11 is 1.60. The third-order valence-electron chi connectivity index (χ3n) is 3.52. The lowest BCUT2D eigenvalue weighted by atomic mass is 9.80. The molecule has 0 saturated heterocycles. The van der Waals surface area contributed by atoms with Crippen molar-refractivity contribution in [3.63, 3.8) is 0 Å². The molecule has 1 unspecified atom stereocenters. The molecule has 1 nitrogen and oxygen atoms in total. The van der Waals surface area contributed by atoms with E-state index in [1.807, 2.05) is 16.8 Å². The molecule has 0 radical (unpaired) electrons. The van der Waals surface area contributed by atoms with E-state index in [0.717, 1.165) is 24.8 Å². The molecule has 1 heterocycles. The van der Waals surface area contributed by atoms with E-state index in [-0.39, 0.29) is 5.92 Å². The molecule has 1 aliphatic carbocycles. The summed E-state index contributed by atoms with van der Waals surface area (Å²) in [7, 11) is 0. The number of carbonyl (C=O) groups is 1. The molecule has 86 valence electrons. The molecular formula is C15H14OS. The zero-order chi connectivity index (χ0) is 11.7. The Bertz CT molecular complexity index is 528. The maximum atomic E-state index is 12.3. The lowest BCUT2D eigenvalue weighted by molar-refractivity contribution is 0.0909. The first-order valence-electron chi connectivity index (χ1n) is 5.98. The maximum absolute atomic E-state index is 12.3. The highest BCUT2D eigenvalue weighted by atomic mass is 32.1. The number of hydrogen-bond donors (Lipinski definition) is 0. The quantitative estimate of drug-likeness (QED) is 0.733. The Kier molecular flexibility index (Phi) is 2.81. The molecule has 1 aromatic carbocycles. The van der Waals surface area contributed by atoms with Gasteiger partial charge >= 0.3 is 0 Å². The Morgan fingerprint density at radius 3 is 2.76 bits per heavy atom. The summed E-state index contributed by atoms with van der Waals surface area (Å²) in [6, 6.07) is 10.4. The monoisotopic (exact) mass is 242 g/mol. The van der Waals surface area contributed by atoms with Gasteiger partial charge in [-0.1, -0.05) is 24.3 Å². The van der Waals surface area contributed by atoms with E-state index in [1.54, 1.807) is 11.3 Å². The fourth-order valence-electron chi connectivity index (χ4n) is 2.56. The molecule has 3 rings (SSSR count). The van der Waals surface area contributed by atoms with E-state index in [1.165, 1.54) is 11.1 Å². The van der Waals surface area contributed by atoms with Gasteiger partial charge in [-0.2, -0.15) is 11.3 Å². The average molecular weight is 242 g/mol. The molecule has 17 heavy (non-hydrogen) atoms. The summed E-state index contributed by atoms with van der Waals surface area (Å²) in [5, 5.41) is 3.94. The Labute approximate surface area is 105 Å². The van der Waals surface area contributed by atoms with Gasteiger partial charge in [0, 0.05) is 16.9 Å². The summed E-state index contributed by atoms with van der Waals surface area (Å²) < 4.78 is 0. The molecule has 0 spiro atoms. The number of ketones is 1. The van der Waals surface area contributed by atoms with Crippen molar-refractivity contribution in [1.82, 2.24) is 0 Å². The van der Waals surface area contributed by atoms with Gasteiger partial charge in [0.2, 0.25) is 0 Å². The maximum Gasteiger partial charge on any atom is 0.167 e. The van der Waals surface area contributed by atoms with Crippen LogP contribution in [-0.2, 0) is 12.8 Å². The summed E-state index contributed by atoms with van der Waals surface area (Å²) in [6.45, 7) is 0. The van der Waals surface area contributed by atoms with Crippen LogP contribution in [-0.4, -0.2) is 5.78 Å². The first-order chi connectivity index (χ1) is 8.34. The first kappa shape index (κ1) is 10.7. The van der Waals surface area contributed by atoms with Crippen molar-refractivity contribution in [2.75, 3.05) is 0 Å². The summed E-state index contributed by atoms with van der Waals surface area (Å²) in [5.41, 5.74) is 3.66. The number of rotatable bonds is 2. The highest BCUT2D eigenvalue weighted by Gasteiger charge is 2.25. The second-order valence-corrected chi connectivity index (χ2v) is 5.36. The Hall–Kier alpha value is -1.41. The van der Waals surface area contributed by atoms with Gasteiger partial charge in [-0.05, 0) is 41.8 Å². The smallest absolute Gasteiger partial charge is 0.167 e. The molecule has 0 saturated carbocycles. The third-order valence-corrected chi connectivity index (χ3v) is 4.21. The first-order valence-corrected chi connectivity index (χ1v) is 6.92. The van der Waals surface area contributed by atoms with Crippen molar-refractivity contribution in [3.8, 4) is 0 Å². The lowest BCUT2D eigenvalue weighted by Gasteiger charge is -2.23. The van der Waals surface area contributed by atoms with Crippen LogP contribution in [0.5, 0.6) is 0 Å². The van der Waals surface area contributed by atoms with Gasteiger partial charge < -0.3 is 0 Å². The van der Waals surface area contributed by atoms with Crippen LogP contribution in [0.15, 0.2) is 41.1 Å². The average Bonchev–Trinajstić information content (AvgIpc) is 2.91. The van der Waals surface area contributed by atoms with E-state index >= 15 is 0 Å². The van der Waals surface area contributed by atoms with Crippen molar-refractivity contribution in [1.29, 1.82) is 0 Å². The second kappa shape index (κ2) is 4.46. The molecule has 0 amide bonds. The van der Waals surface area contributed by atoms with Gasteiger partial charge in [0.15, 0.2) is 5.78 Å². The molecule has 1 aliphatic rings. The minimum absolute atomic E-state index is 0.180. The number of Topliss-reactive ketones (excluding diaryl/α,β-unsaturated/α-hetero) is 1. The SMILES string of the molecule is O=C(c1ccsc1)C1CCc2ccccc2C1. The molecule has 0 bridgehead atoms. The second-order valence-electron chi connectivity index (χ2n) is 4.58. The number of fused-ring (bicyclic) bond motifs is 1. The van der Waals surface area contributed by atoms with Crippen LogP contribution in [0.25, 0.3) is 0 Å². The van der Waals surface area contributed by atoms with Crippen LogP contribution >= 0.6 is 11.3 Å². The Morgan fingerprint density at radius 1 is 1.18 bits per heavy atom. The highest BCUT2D eigenvalue weighted by molar-refractivity contribution is 7.08. The largest absolute Gasteiger partial charge is 0.294 e. The van der Waals surface area contributed by atoms with E-state index in [2.05, 4.69) is 24.3 Å². The summed E-state index contributed by atoms with van der Waals surface area (Å²) in [6.07, 6.45) is 2.94. The summed E-state index contributed by atoms with van der Waals surface area (Å²) in [4.78, 5) is 12.3. The van der Waals surface area contributed by atoms with Gasteiger partial charge in [0.05, 0.1) is 0 Å². The summed E-state index contributed by atoms with van der Waals surface area (Å²) in [5.74, 6) is 0.500. The van der Waals surface area contributed by atoms with Crippen LogP contribution < -0.4 is 0 Å². The fraction of sp³-hybridized carbons (Fsp3) is 0.267. The minimum atomic E-state index is 0.180. The molecule has 2 heteroatoms. The van der Waals surface area contributed by atoms with E-state index in [4.69, 9.17) is 0 Å². The van der Waals surface area contributed by atoms with Crippen molar-refractivity contribution in [2.24, 2.45) is 5.92 Å². The Morgan fingerprint density at radius 2 is 2.00 bits per heavy atom. The van der Waals surface area contributed by atoms with E-state index in [0.29, 0.717) is 5.78 Å². The molecule has 1 atom stereocenters. The van der Waals surface area contributed by atoms with E-state index in [9.17, 15) is 4.79 Å². The molecule has 1 aromatic heterocycles. The van der Waals surface area contributed by atoms with Crippen molar-refractivity contribution < 1.29 is 4.79 Å². The highest BCUT2D eigenvalue weighted by Crippen LogP contribution is 2.28. The van der Waals surface area contributed by atoms with Gasteiger partial charge in [0.25, 0.3) is 0 Å². The van der Waals surface area contributed by atoms with Crippen LogP contribution in [0.4, 0.5) is 0 Å². The predicted octanol–water partition coefficient (Wildman–Crippen LogP) is 3.74. The van der Waals surface area contributed by atoms with Crippen LogP contribution in [0, 0.1) is 5.92 Å². The zero-order valence-corrected chi connectivity index (χ0v) is 10.4. The van der Waals surface area contributed by atoms with Crippen LogP contribution in [0.1, 0.15) is 27.9 Å². The fourth-order valence-corrected chi connectivity index (χ4v) is 3.21. The number of carbonyl (C=O) groups excluding carboxylic acids is 1. The van der Waals surface area contributed by atoms with Gasteiger partial charge in [-0.25, -0.2) is 0 Å². The standard InChI is InChI=1S/C15H14OS/c16-15(14-7-8-17-10-14)13-6-5-11-3-1-2-4-12(11)9-13/h1-4,7-8,10,13H,5-6,9H2. The normalized spacial score (nSPS) is 18.7. The van der Waals surface area contributed by atoms with Crippen molar-refractivity contribution in [2.45, 2.75) is 19.3 Å². The molecular weight excluding hydrogens is 228 g/mol. The van der Waals surface area contributed by atoms with Gasteiger partial charge in [-0.3, -0.25) is 4.79 Å². The van der Waals surface area contributed by atoms with E-state index < -0.39 is 0 Å². The number of aryl methyl sites for hydroxylation is 1. The minimum Gasteiger partial charge on any atom is -0.294 e. The predicted molar refractivity (Wildman–Crippen MR) is 70.6 cm³/mol. The Balaban J connectivity index is 1.83. The molecule has 0 aliphatic heterocycles. The number of hydrogen-bond acceptors (Lipinski definition) is 2. The molecule has 0 N–H and O–H groups in total. The van der Waals surface area contributed by atoms with Crippen LogP contribution in [0.3, 0.4) is 0 Å². The number of benzene rings is 1. The third kappa shape index (κ3) is 2.05. The zero-order valence-electron chi connectivity index (χ0n) is 9.56. The lowest BCUT2D eigenvalue weighted by Crippen LogP contribution is -2.22. The van der Waals surface area contributed by atoms with Crippen molar-refractivity contribution >= 4 is 17.1 Å².